The summed E-state index contributed by atoms with van der Waals surface area (Å²) in [5, 5.41) is 7.27. The molecule has 3 N–H and O–H groups in total. The van der Waals surface area contributed by atoms with Gasteiger partial charge < -0.3 is 10.1 Å². The van der Waals surface area contributed by atoms with Gasteiger partial charge in [-0.15, -0.1) is 0 Å². The fourth-order valence-corrected chi connectivity index (χ4v) is 2.39. The third kappa shape index (κ3) is 5.33. The van der Waals surface area contributed by atoms with Crippen molar-refractivity contribution < 1.29 is 31.5 Å². The van der Waals surface area contributed by atoms with E-state index in [4.69, 9.17) is 5.14 Å². The molecule has 0 aromatic heterocycles. The van der Waals surface area contributed by atoms with E-state index in [-0.39, 0.29) is 16.1 Å². The molecule has 25 heavy (non-hydrogen) atoms. The summed E-state index contributed by atoms with van der Waals surface area (Å²) in [5.41, 5.74) is -0.272. The molecule has 2 aromatic carbocycles. The Bertz CT molecular complexity index is 911. The number of hydrogen-bond donors (Lipinski definition) is 2. The molecule has 1 amide bonds. The van der Waals surface area contributed by atoms with Crippen molar-refractivity contribution in [2.75, 3.05) is 11.9 Å². The van der Waals surface area contributed by atoms with Gasteiger partial charge in [-0.05, 0) is 30.3 Å². The second-order valence-electron chi connectivity index (χ2n) is 4.86. The highest BCUT2D eigenvalue weighted by Gasteiger charge is 2.14. The number of nitrogens with two attached hydrogens (primary N) is 1. The van der Waals surface area contributed by atoms with Gasteiger partial charge in [-0.1, -0.05) is 6.07 Å². The smallest absolute Gasteiger partial charge is 0.338 e. The van der Waals surface area contributed by atoms with Crippen molar-refractivity contribution in [3.05, 3.63) is 59.7 Å². The molecule has 0 unspecified atom stereocenters. The van der Waals surface area contributed by atoms with Crippen LogP contribution < -0.4 is 10.5 Å². The van der Waals surface area contributed by atoms with E-state index < -0.39 is 40.1 Å². The zero-order chi connectivity index (χ0) is 18.6. The van der Waals surface area contributed by atoms with Crippen LogP contribution in [0.3, 0.4) is 0 Å². The van der Waals surface area contributed by atoms with Crippen molar-refractivity contribution in [2.45, 2.75) is 4.90 Å². The molecule has 0 aliphatic rings. The Morgan fingerprint density at radius 3 is 2.32 bits per heavy atom. The van der Waals surface area contributed by atoms with Crippen LogP contribution in [0.1, 0.15) is 10.4 Å². The lowest BCUT2D eigenvalue weighted by atomic mass is 10.2. The molecule has 132 valence electrons. The molecule has 0 saturated heterocycles. The lowest BCUT2D eigenvalue weighted by Crippen LogP contribution is -2.21. The highest BCUT2D eigenvalue weighted by atomic mass is 32.2. The Balaban J connectivity index is 1.98. The number of nitrogens with one attached hydrogen (secondary N) is 1. The Labute approximate surface area is 141 Å². The summed E-state index contributed by atoms with van der Waals surface area (Å²) in [6.45, 7) is -0.740. The molecule has 2 rings (SSSR count). The first kappa shape index (κ1) is 18.5. The van der Waals surface area contributed by atoms with Crippen molar-refractivity contribution in [3.63, 3.8) is 0 Å². The number of anilines is 1. The van der Waals surface area contributed by atoms with Crippen LogP contribution in [0, 0.1) is 11.6 Å². The SMILES string of the molecule is NS(=O)(=O)c1cccc(NC(=O)COC(=O)c2cc(F)cc(F)c2)c1. The molecular formula is C15H12F2N2O5S. The molecule has 10 heteroatoms. The van der Waals surface area contributed by atoms with Crippen LogP contribution >= 0.6 is 0 Å². The predicted molar refractivity (Wildman–Crippen MR) is 83.1 cm³/mol. The van der Waals surface area contributed by atoms with Gasteiger partial charge in [0, 0.05) is 11.8 Å². The van der Waals surface area contributed by atoms with Gasteiger partial charge in [0.1, 0.15) is 11.6 Å². The highest BCUT2D eigenvalue weighted by Crippen LogP contribution is 2.14. The van der Waals surface area contributed by atoms with Crippen molar-refractivity contribution >= 4 is 27.6 Å². The van der Waals surface area contributed by atoms with Crippen LogP contribution in [0.5, 0.6) is 0 Å². The predicted octanol–water partition coefficient (Wildman–Crippen LogP) is 1.41. The number of primary sulfonamides is 1. The number of sulfonamides is 1. The van der Waals surface area contributed by atoms with Gasteiger partial charge in [0.25, 0.3) is 5.91 Å². The summed E-state index contributed by atoms with van der Waals surface area (Å²) >= 11 is 0. The van der Waals surface area contributed by atoms with Crippen molar-refractivity contribution in [3.8, 4) is 0 Å². The van der Waals surface area contributed by atoms with Gasteiger partial charge in [-0.3, -0.25) is 4.79 Å². The molecule has 0 radical (unpaired) electrons. The monoisotopic (exact) mass is 370 g/mol. The number of carbonyl (C=O) groups excluding carboxylic acids is 2. The molecular weight excluding hydrogens is 358 g/mol. The number of halogens is 2. The maximum absolute atomic E-state index is 13.0. The van der Waals surface area contributed by atoms with Crippen molar-refractivity contribution in [1.29, 1.82) is 0 Å². The number of benzene rings is 2. The molecule has 0 fully saturated rings. The average molecular weight is 370 g/mol. The van der Waals surface area contributed by atoms with Crippen molar-refractivity contribution in [2.24, 2.45) is 5.14 Å². The van der Waals surface area contributed by atoms with Crippen molar-refractivity contribution in [1.82, 2.24) is 0 Å². The van der Waals surface area contributed by atoms with E-state index in [2.05, 4.69) is 10.1 Å². The van der Waals surface area contributed by atoms with Crippen LogP contribution in [0.15, 0.2) is 47.4 Å². The molecule has 7 nitrogen and oxygen atoms in total. The minimum atomic E-state index is -3.94. The number of hydrogen-bond acceptors (Lipinski definition) is 5. The first-order chi connectivity index (χ1) is 11.6. The molecule has 0 aliphatic heterocycles. The summed E-state index contributed by atoms with van der Waals surface area (Å²) in [6.07, 6.45) is 0. The Morgan fingerprint density at radius 1 is 1.08 bits per heavy atom. The average Bonchev–Trinajstić information content (AvgIpc) is 2.51. The second kappa shape index (κ2) is 7.36. The summed E-state index contributed by atoms with van der Waals surface area (Å²) in [6, 6.07) is 7.23. The first-order valence-corrected chi connectivity index (χ1v) is 8.26. The fraction of sp³-hybridized carbons (Fsp3) is 0.0667. The first-order valence-electron chi connectivity index (χ1n) is 6.71. The summed E-state index contributed by atoms with van der Waals surface area (Å²) in [4.78, 5) is 23.2. The van der Waals surface area contributed by atoms with Crippen LogP contribution in [-0.2, 0) is 19.6 Å². The molecule has 0 bridgehead atoms. The third-order valence-electron chi connectivity index (χ3n) is 2.88. The molecule has 0 spiro atoms. The Hall–Kier alpha value is -2.85. The fourth-order valence-electron chi connectivity index (χ4n) is 1.83. The zero-order valence-corrected chi connectivity index (χ0v) is 13.3. The van der Waals surface area contributed by atoms with Crippen LogP contribution in [0.2, 0.25) is 0 Å². The Kier molecular flexibility index (Phi) is 5.45. The maximum atomic E-state index is 13.0. The van der Waals surface area contributed by atoms with Gasteiger partial charge in [0.05, 0.1) is 10.5 Å². The normalized spacial score (nSPS) is 11.0. The number of carbonyl (C=O) groups is 2. The molecule has 0 atom stereocenters. The number of ether oxygens (including phenoxy) is 1. The van der Waals surface area contributed by atoms with Gasteiger partial charge >= 0.3 is 5.97 Å². The lowest BCUT2D eigenvalue weighted by Gasteiger charge is -2.08. The Morgan fingerprint density at radius 2 is 1.72 bits per heavy atom. The quantitative estimate of drug-likeness (QED) is 0.772. The van der Waals surface area contributed by atoms with Crippen LogP contribution in [0.25, 0.3) is 0 Å². The van der Waals surface area contributed by atoms with Gasteiger partial charge in [-0.2, -0.15) is 0 Å². The zero-order valence-electron chi connectivity index (χ0n) is 12.5. The third-order valence-corrected chi connectivity index (χ3v) is 3.79. The highest BCUT2D eigenvalue weighted by molar-refractivity contribution is 7.89. The van der Waals surface area contributed by atoms with Crippen LogP contribution in [-0.4, -0.2) is 26.9 Å². The number of esters is 1. The van der Waals surface area contributed by atoms with Gasteiger partial charge in [-0.25, -0.2) is 27.1 Å². The van der Waals surface area contributed by atoms with Crippen LogP contribution in [0.4, 0.5) is 14.5 Å². The largest absolute Gasteiger partial charge is 0.452 e. The molecule has 0 aliphatic carbocycles. The summed E-state index contributed by atoms with van der Waals surface area (Å²) < 4.78 is 53.2. The summed E-state index contributed by atoms with van der Waals surface area (Å²) in [5.74, 6) is -3.80. The van der Waals surface area contributed by atoms with E-state index in [1.54, 1.807) is 0 Å². The van der Waals surface area contributed by atoms with Gasteiger partial charge in [0.2, 0.25) is 10.0 Å². The molecule has 0 saturated carbocycles. The number of rotatable bonds is 5. The van der Waals surface area contributed by atoms with E-state index in [0.717, 1.165) is 18.2 Å². The minimum absolute atomic E-state index is 0.115. The lowest BCUT2D eigenvalue weighted by molar-refractivity contribution is -0.119. The standard InChI is InChI=1S/C15H12F2N2O5S/c16-10-4-9(5-11(17)6-10)15(21)24-8-14(20)19-12-2-1-3-13(7-12)25(18,22)23/h1-7H,8H2,(H,19,20)(H2,18,22,23). The maximum Gasteiger partial charge on any atom is 0.338 e. The summed E-state index contributed by atoms with van der Waals surface area (Å²) in [7, 11) is -3.94. The number of amides is 1. The van der Waals surface area contributed by atoms with E-state index in [9.17, 15) is 26.8 Å². The molecule has 2 aromatic rings. The minimum Gasteiger partial charge on any atom is -0.452 e. The van der Waals surface area contributed by atoms with E-state index >= 15 is 0 Å². The van der Waals surface area contributed by atoms with Gasteiger partial charge in [0.15, 0.2) is 6.61 Å². The van der Waals surface area contributed by atoms with E-state index in [0.29, 0.717) is 6.07 Å². The topological polar surface area (TPSA) is 116 Å². The second-order valence-corrected chi connectivity index (χ2v) is 6.42. The molecule has 0 heterocycles. The van der Waals surface area contributed by atoms with E-state index in [1.165, 1.54) is 18.2 Å². The van der Waals surface area contributed by atoms with E-state index in [1.807, 2.05) is 0 Å².